The average molecular weight is 349 g/mol. The molecule has 6 nitrogen and oxygen atoms in total. The number of rotatable bonds is 3. The van der Waals surface area contributed by atoms with E-state index in [-0.39, 0.29) is 5.91 Å². The van der Waals surface area contributed by atoms with Crippen LogP contribution in [0, 0.1) is 11.3 Å². The molecule has 3 heterocycles. The van der Waals surface area contributed by atoms with E-state index in [1.165, 1.54) is 19.3 Å². The second kappa shape index (κ2) is 7.30. The molecule has 1 fully saturated rings. The molecule has 2 aliphatic rings. The molecule has 0 bridgehead atoms. The van der Waals surface area contributed by atoms with Gasteiger partial charge >= 0.3 is 0 Å². The SMILES string of the molecule is N#Cc1ccc(C(=O)N2CCn3cc(CN4CCCCC4)nc3C2)cc1. The van der Waals surface area contributed by atoms with Crippen LogP contribution in [-0.4, -0.2) is 44.9 Å². The number of benzene rings is 1. The molecule has 1 aromatic heterocycles. The first kappa shape index (κ1) is 16.8. The predicted molar refractivity (Wildman–Crippen MR) is 97.3 cm³/mol. The first-order chi connectivity index (χ1) is 12.7. The van der Waals surface area contributed by atoms with Gasteiger partial charge in [0.2, 0.25) is 0 Å². The third-order valence-electron chi connectivity index (χ3n) is 5.23. The number of carbonyl (C=O) groups excluding carboxylic acids is 1. The Hall–Kier alpha value is -2.65. The molecule has 2 aromatic rings. The molecule has 0 radical (unpaired) electrons. The zero-order valence-electron chi connectivity index (χ0n) is 14.9. The predicted octanol–water partition coefficient (Wildman–Crippen LogP) is 2.40. The van der Waals surface area contributed by atoms with Gasteiger partial charge < -0.3 is 9.47 Å². The summed E-state index contributed by atoms with van der Waals surface area (Å²) in [5.74, 6) is 0.964. The molecule has 1 saturated heterocycles. The van der Waals surface area contributed by atoms with Crippen LogP contribution in [-0.2, 0) is 19.6 Å². The minimum absolute atomic E-state index is 0.00122. The highest BCUT2D eigenvalue weighted by Gasteiger charge is 2.24. The number of carbonyl (C=O) groups is 1. The lowest BCUT2D eigenvalue weighted by molar-refractivity contribution is 0.0707. The van der Waals surface area contributed by atoms with Gasteiger partial charge in [-0.05, 0) is 50.2 Å². The first-order valence-corrected chi connectivity index (χ1v) is 9.29. The van der Waals surface area contributed by atoms with Crippen LogP contribution in [0.15, 0.2) is 30.5 Å². The van der Waals surface area contributed by atoms with E-state index >= 15 is 0 Å². The summed E-state index contributed by atoms with van der Waals surface area (Å²) in [6, 6.07) is 8.91. The topological polar surface area (TPSA) is 65.2 Å². The summed E-state index contributed by atoms with van der Waals surface area (Å²) in [5, 5.41) is 8.89. The smallest absolute Gasteiger partial charge is 0.254 e. The fraction of sp³-hybridized carbons (Fsp3) is 0.450. The molecule has 0 unspecified atom stereocenters. The summed E-state index contributed by atoms with van der Waals surface area (Å²) in [6.07, 6.45) is 6.04. The van der Waals surface area contributed by atoms with Crippen molar-refractivity contribution < 1.29 is 4.79 Å². The van der Waals surface area contributed by atoms with Gasteiger partial charge in [0, 0.05) is 31.4 Å². The molecular weight excluding hydrogens is 326 g/mol. The maximum Gasteiger partial charge on any atom is 0.254 e. The third kappa shape index (κ3) is 3.49. The quantitative estimate of drug-likeness (QED) is 0.853. The Balaban J connectivity index is 1.43. The van der Waals surface area contributed by atoms with E-state index in [0.717, 1.165) is 37.7 Å². The van der Waals surface area contributed by atoms with E-state index in [1.807, 2.05) is 4.90 Å². The van der Waals surface area contributed by atoms with Gasteiger partial charge in [0.05, 0.1) is 23.9 Å². The number of imidazole rings is 1. The molecule has 0 atom stereocenters. The van der Waals surface area contributed by atoms with Gasteiger partial charge in [0.1, 0.15) is 5.82 Å². The van der Waals surface area contributed by atoms with E-state index in [4.69, 9.17) is 10.2 Å². The van der Waals surface area contributed by atoms with E-state index in [1.54, 1.807) is 24.3 Å². The highest BCUT2D eigenvalue weighted by atomic mass is 16.2. The Morgan fingerprint density at radius 3 is 2.58 bits per heavy atom. The highest BCUT2D eigenvalue weighted by molar-refractivity contribution is 5.94. The fourth-order valence-corrected chi connectivity index (χ4v) is 3.78. The van der Waals surface area contributed by atoms with Crippen molar-refractivity contribution in [2.45, 2.75) is 38.9 Å². The second-order valence-electron chi connectivity index (χ2n) is 7.09. The van der Waals surface area contributed by atoms with Crippen molar-refractivity contribution >= 4 is 5.91 Å². The summed E-state index contributed by atoms with van der Waals surface area (Å²) in [5.41, 5.74) is 2.30. The Morgan fingerprint density at radius 1 is 1.08 bits per heavy atom. The summed E-state index contributed by atoms with van der Waals surface area (Å²) < 4.78 is 2.18. The molecule has 4 rings (SSSR count). The maximum atomic E-state index is 12.7. The number of nitrogens with zero attached hydrogens (tertiary/aromatic N) is 5. The lowest BCUT2D eigenvalue weighted by atomic mass is 10.1. The van der Waals surface area contributed by atoms with Crippen LogP contribution in [0.3, 0.4) is 0 Å². The largest absolute Gasteiger partial charge is 0.331 e. The zero-order valence-corrected chi connectivity index (χ0v) is 14.9. The molecule has 26 heavy (non-hydrogen) atoms. The standard InChI is InChI=1S/C20H23N5O/c21-12-16-4-6-17(7-5-16)20(26)25-11-10-24-14-18(22-19(24)15-25)13-23-8-2-1-3-9-23/h4-7,14H,1-3,8-11,13,15H2. The summed E-state index contributed by atoms with van der Waals surface area (Å²) in [7, 11) is 0. The van der Waals surface area contributed by atoms with Crippen molar-refractivity contribution in [3.05, 3.63) is 53.1 Å². The minimum atomic E-state index is 0.00122. The van der Waals surface area contributed by atoms with Gasteiger partial charge in [0.15, 0.2) is 0 Å². The first-order valence-electron chi connectivity index (χ1n) is 9.29. The van der Waals surface area contributed by atoms with Crippen molar-refractivity contribution in [2.24, 2.45) is 0 Å². The fourth-order valence-electron chi connectivity index (χ4n) is 3.78. The molecule has 0 spiro atoms. The Bertz CT molecular complexity index is 827. The van der Waals surface area contributed by atoms with Crippen molar-refractivity contribution in [3.8, 4) is 6.07 Å². The lowest BCUT2D eigenvalue weighted by Crippen LogP contribution is -2.38. The third-order valence-corrected chi connectivity index (χ3v) is 5.23. The second-order valence-corrected chi connectivity index (χ2v) is 7.09. The van der Waals surface area contributed by atoms with Crippen LogP contribution < -0.4 is 0 Å². The molecule has 0 saturated carbocycles. The van der Waals surface area contributed by atoms with E-state index in [0.29, 0.717) is 24.2 Å². The van der Waals surface area contributed by atoms with Gasteiger partial charge in [-0.2, -0.15) is 5.26 Å². The normalized spacial score (nSPS) is 17.6. The van der Waals surface area contributed by atoms with Crippen molar-refractivity contribution in [3.63, 3.8) is 0 Å². The number of hydrogen-bond donors (Lipinski definition) is 0. The Labute approximate surface area is 153 Å². The van der Waals surface area contributed by atoms with Gasteiger partial charge in [-0.1, -0.05) is 6.42 Å². The van der Waals surface area contributed by atoms with Crippen LogP contribution in [0.25, 0.3) is 0 Å². The molecule has 1 amide bonds. The molecular formula is C20H23N5O. The molecule has 6 heteroatoms. The number of aromatic nitrogens is 2. The van der Waals surface area contributed by atoms with Crippen LogP contribution in [0.1, 0.15) is 46.7 Å². The maximum absolute atomic E-state index is 12.7. The van der Waals surface area contributed by atoms with Crippen molar-refractivity contribution in [1.29, 1.82) is 5.26 Å². The number of piperidine rings is 1. The van der Waals surface area contributed by atoms with Gasteiger partial charge in [0.25, 0.3) is 5.91 Å². The Kier molecular flexibility index (Phi) is 4.72. The minimum Gasteiger partial charge on any atom is -0.331 e. The summed E-state index contributed by atoms with van der Waals surface area (Å²) >= 11 is 0. The van der Waals surface area contributed by atoms with Crippen molar-refractivity contribution in [2.75, 3.05) is 19.6 Å². The van der Waals surface area contributed by atoms with E-state index in [9.17, 15) is 4.79 Å². The lowest BCUT2D eigenvalue weighted by Gasteiger charge is -2.27. The van der Waals surface area contributed by atoms with E-state index < -0.39 is 0 Å². The van der Waals surface area contributed by atoms with E-state index in [2.05, 4.69) is 21.7 Å². The van der Waals surface area contributed by atoms with Crippen LogP contribution in [0.4, 0.5) is 0 Å². The van der Waals surface area contributed by atoms with Gasteiger partial charge in [-0.3, -0.25) is 9.69 Å². The zero-order chi connectivity index (χ0) is 17.9. The average Bonchev–Trinajstić information content (AvgIpc) is 3.09. The molecule has 0 aliphatic carbocycles. The highest BCUT2D eigenvalue weighted by Crippen LogP contribution is 2.18. The Morgan fingerprint density at radius 2 is 1.85 bits per heavy atom. The molecule has 134 valence electrons. The number of likely N-dealkylation sites (tertiary alicyclic amines) is 1. The number of amides is 1. The summed E-state index contributed by atoms with van der Waals surface area (Å²) in [6.45, 7) is 5.23. The molecule has 0 N–H and O–H groups in total. The number of hydrogen-bond acceptors (Lipinski definition) is 4. The van der Waals surface area contributed by atoms with Crippen LogP contribution in [0.2, 0.25) is 0 Å². The molecule has 2 aliphatic heterocycles. The summed E-state index contributed by atoms with van der Waals surface area (Å²) in [4.78, 5) is 21.8. The van der Waals surface area contributed by atoms with Crippen LogP contribution >= 0.6 is 0 Å². The van der Waals surface area contributed by atoms with Crippen LogP contribution in [0.5, 0.6) is 0 Å². The van der Waals surface area contributed by atoms with Crippen molar-refractivity contribution in [1.82, 2.24) is 19.4 Å². The van der Waals surface area contributed by atoms with Gasteiger partial charge in [-0.25, -0.2) is 4.98 Å². The number of nitriles is 1. The monoisotopic (exact) mass is 349 g/mol. The van der Waals surface area contributed by atoms with Gasteiger partial charge in [-0.15, -0.1) is 0 Å². The molecule has 1 aromatic carbocycles. The number of fused-ring (bicyclic) bond motifs is 1.